The summed E-state index contributed by atoms with van der Waals surface area (Å²) in [5.74, 6) is 2.44. The number of hydrogen-bond donors (Lipinski definition) is 3. The summed E-state index contributed by atoms with van der Waals surface area (Å²) in [6, 6.07) is 15.9. The van der Waals surface area contributed by atoms with Crippen LogP contribution in [-0.2, 0) is 13.0 Å². The fourth-order valence-electron chi connectivity index (χ4n) is 3.43. The van der Waals surface area contributed by atoms with E-state index in [1.807, 2.05) is 42.6 Å². The molecule has 0 aliphatic rings. The van der Waals surface area contributed by atoms with Crippen LogP contribution in [0.15, 0.2) is 72.0 Å². The lowest BCUT2D eigenvalue weighted by atomic mass is 10.1. The summed E-state index contributed by atoms with van der Waals surface area (Å²) in [5, 5.41) is 7.61. The summed E-state index contributed by atoms with van der Waals surface area (Å²) < 4.78 is 24.3. The third kappa shape index (κ3) is 5.79. The minimum Gasteiger partial charge on any atom is -0.497 e. The first-order valence-electron chi connectivity index (χ1n) is 10.6. The van der Waals surface area contributed by atoms with E-state index < -0.39 is 0 Å². The van der Waals surface area contributed by atoms with Crippen molar-refractivity contribution in [3.05, 3.63) is 83.9 Å². The number of aliphatic imine (C=N–C) groups is 1. The maximum absolute atomic E-state index is 13.3. The number of aromatic amines is 1. The first kappa shape index (κ1) is 22.1. The fraction of sp³-hybridized carbons (Fsp3) is 0.200. The van der Waals surface area contributed by atoms with Gasteiger partial charge in [0, 0.05) is 49.5 Å². The number of rotatable bonds is 8. The molecule has 0 aliphatic heterocycles. The predicted molar refractivity (Wildman–Crippen MR) is 127 cm³/mol. The summed E-state index contributed by atoms with van der Waals surface area (Å²) in [6.45, 7) is 1.26. The lowest BCUT2D eigenvalue weighted by molar-refractivity contribution is 0.412. The SMILES string of the molecule is CN=C(NCCc1c[nH]c2cc(F)ccc12)NCc1ccc(Oc2ccc(OC)cc2)nc1. The van der Waals surface area contributed by atoms with Crippen molar-refractivity contribution in [2.45, 2.75) is 13.0 Å². The van der Waals surface area contributed by atoms with E-state index in [9.17, 15) is 4.39 Å². The topological polar surface area (TPSA) is 83.6 Å². The van der Waals surface area contributed by atoms with Crippen LogP contribution in [0.4, 0.5) is 4.39 Å². The summed E-state index contributed by atoms with van der Waals surface area (Å²) >= 11 is 0. The third-order valence-corrected chi connectivity index (χ3v) is 5.18. The molecule has 0 saturated heterocycles. The number of H-pyrrole nitrogens is 1. The number of halogens is 1. The van der Waals surface area contributed by atoms with Crippen molar-refractivity contribution in [2.75, 3.05) is 20.7 Å². The third-order valence-electron chi connectivity index (χ3n) is 5.18. The highest BCUT2D eigenvalue weighted by atomic mass is 19.1. The Hall–Kier alpha value is -4.07. The van der Waals surface area contributed by atoms with Crippen molar-refractivity contribution < 1.29 is 13.9 Å². The van der Waals surface area contributed by atoms with Crippen LogP contribution in [0.2, 0.25) is 0 Å². The Labute approximate surface area is 191 Å². The van der Waals surface area contributed by atoms with Crippen LogP contribution in [0, 0.1) is 5.82 Å². The van der Waals surface area contributed by atoms with Gasteiger partial charge in [-0.1, -0.05) is 6.07 Å². The molecule has 2 aromatic heterocycles. The molecular weight excluding hydrogens is 421 g/mol. The van der Waals surface area contributed by atoms with Gasteiger partial charge in [-0.15, -0.1) is 0 Å². The van der Waals surface area contributed by atoms with E-state index in [4.69, 9.17) is 9.47 Å². The van der Waals surface area contributed by atoms with Crippen LogP contribution in [0.1, 0.15) is 11.1 Å². The van der Waals surface area contributed by atoms with Crippen molar-refractivity contribution in [3.63, 3.8) is 0 Å². The normalized spacial score (nSPS) is 11.4. The van der Waals surface area contributed by atoms with E-state index >= 15 is 0 Å². The van der Waals surface area contributed by atoms with E-state index in [-0.39, 0.29) is 5.82 Å². The minimum absolute atomic E-state index is 0.242. The first-order chi connectivity index (χ1) is 16.1. The maximum atomic E-state index is 13.3. The average Bonchev–Trinajstić information content (AvgIpc) is 3.24. The second kappa shape index (κ2) is 10.5. The number of ether oxygens (including phenoxy) is 2. The molecule has 0 amide bonds. The van der Waals surface area contributed by atoms with Crippen LogP contribution in [0.25, 0.3) is 10.9 Å². The number of guanidine groups is 1. The molecule has 170 valence electrons. The summed E-state index contributed by atoms with van der Waals surface area (Å²) in [4.78, 5) is 11.7. The molecule has 4 rings (SSSR count). The summed E-state index contributed by atoms with van der Waals surface area (Å²) in [7, 11) is 3.36. The molecule has 0 fully saturated rings. The van der Waals surface area contributed by atoms with Gasteiger partial charge in [-0.25, -0.2) is 9.37 Å². The molecular formula is C25H26FN5O2. The Morgan fingerprint density at radius 3 is 2.61 bits per heavy atom. The van der Waals surface area contributed by atoms with E-state index in [2.05, 4.69) is 25.6 Å². The van der Waals surface area contributed by atoms with Gasteiger partial charge < -0.3 is 25.1 Å². The maximum Gasteiger partial charge on any atom is 0.219 e. The van der Waals surface area contributed by atoms with Crippen LogP contribution in [0.5, 0.6) is 17.4 Å². The molecule has 0 atom stereocenters. The minimum atomic E-state index is -0.242. The van der Waals surface area contributed by atoms with Crippen LogP contribution in [0.3, 0.4) is 0 Å². The van der Waals surface area contributed by atoms with E-state index in [1.165, 1.54) is 12.1 Å². The lowest BCUT2D eigenvalue weighted by Gasteiger charge is -2.12. The Morgan fingerprint density at radius 2 is 1.88 bits per heavy atom. The number of nitrogens with zero attached hydrogens (tertiary/aromatic N) is 2. The van der Waals surface area contributed by atoms with Crippen molar-refractivity contribution >= 4 is 16.9 Å². The summed E-state index contributed by atoms with van der Waals surface area (Å²) in [5.41, 5.74) is 2.93. The zero-order chi connectivity index (χ0) is 23.0. The standard InChI is InChI=1S/C25H26FN5O2/c1-27-25(28-12-11-18-16-29-23-13-19(26)4-9-22(18)23)31-15-17-3-10-24(30-14-17)33-21-7-5-20(32-2)6-8-21/h3-10,13-14,16,29H,11-12,15H2,1-2H3,(H2,27,28,31). The number of fused-ring (bicyclic) bond motifs is 1. The molecule has 7 nitrogen and oxygen atoms in total. The molecule has 0 aliphatic carbocycles. The molecule has 2 heterocycles. The van der Waals surface area contributed by atoms with Gasteiger partial charge in [0.25, 0.3) is 0 Å². The fourth-order valence-corrected chi connectivity index (χ4v) is 3.43. The molecule has 0 unspecified atom stereocenters. The van der Waals surface area contributed by atoms with Gasteiger partial charge in [0.05, 0.1) is 7.11 Å². The Morgan fingerprint density at radius 1 is 1.06 bits per heavy atom. The van der Waals surface area contributed by atoms with Gasteiger partial charge in [-0.05, 0) is 60.0 Å². The van der Waals surface area contributed by atoms with E-state index in [1.54, 1.807) is 26.4 Å². The quantitative estimate of drug-likeness (QED) is 0.275. The number of pyridine rings is 1. The van der Waals surface area contributed by atoms with Crippen LogP contribution in [-0.4, -0.2) is 36.6 Å². The zero-order valence-electron chi connectivity index (χ0n) is 18.6. The first-order valence-corrected chi connectivity index (χ1v) is 10.6. The van der Waals surface area contributed by atoms with Gasteiger partial charge in [0.15, 0.2) is 5.96 Å². The molecule has 8 heteroatoms. The number of hydrogen-bond acceptors (Lipinski definition) is 4. The molecule has 4 aromatic rings. The van der Waals surface area contributed by atoms with Crippen LogP contribution < -0.4 is 20.1 Å². The molecule has 3 N–H and O–H groups in total. The highest BCUT2D eigenvalue weighted by Gasteiger charge is 2.06. The Kier molecular flexibility index (Phi) is 7.04. The summed E-state index contributed by atoms with van der Waals surface area (Å²) in [6.07, 6.45) is 4.47. The molecule has 0 spiro atoms. The Bertz CT molecular complexity index is 1220. The lowest BCUT2D eigenvalue weighted by Crippen LogP contribution is -2.37. The van der Waals surface area contributed by atoms with Crippen molar-refractivity contribution in [2.24, 2.45) is 4.99 Å². The van der Waals surface area contributed by atoms with Crippen molar-refractivity contribution in [1.82, 2.24) is 20.6 Å². The number of aromatic nitrogens is 2. The second-order valence-electron chi connectivity index (χ2n) is 7.39. The molecule has 33 heavy (non-hydrogen) atoms. The number of nitrogens with one attached hydrogen (secondary N) is 3. The van der Waals surface area contributed by atoms with Crippen LogP contribution >= 0.6 is 0 Å². The zero-order valence-corrected chi connectivity index (χ0v) is 18.6. The number of methoxy groups -OCH3 is 1. The monoisotopic (exact) mass is 447 g/mol. The van der Waals surface area contributed by atoms with Gasteiger partial charge in [0.2, 0.25) is 5.88 Å². The predicted octanol–water partition coefficient (Wildman–Crippen LogP) is 4.41. The largest absolute Gasteiger partial charge is 0.497 e. The van der Waals surface area contributed by atoms with Crippen molar-refractivity contribution in [1.29, 1.82) is 0 Å². The Balaban J connectivity index is 1.24. The average molecular weight is 448 g/mol. The second-order valence-corrected chi connectivity index (χ2v) is 7.39. The van der Waals surface area contributed by atoms with E-state index in [0.29, 0.717) is 30.7 Å². The smallest absolute Gasteiger partial charge is 0.219 e. The van der Waals surface area contributed by atoms with Gasteiger partial charge in [-0.2, -0.15) is 0 Å². The molecule has 0 radical (unpaired) electrons. The molecule has 0 saturated carbocycles. The van der Waals surface area contributed by atoms with Gasteiger partial charge in [-0.3, -0.25) is 4.99 Å². The number of benzene rings is 2. The highest BCUT2D eigenvalue weighted by molar-refractivity contribution is 5.83. The van der Waals surface area contributed by atoms with Gasteiger partial charge in [0.1, 0.15) is 17.3 Å². The molecule has 2 aromatic carbocycles. The molecule has 0 bridgehead atoms. The highest BCUT2D eigenvalue weighted by Crippen LogP contribution is 2.22. The van der Waals surface area contributed by atoms with Crippen molar-refractivity contribution in [3.8, 4) is 17.4 Å². The van der Waals surface area contributed by atoms with Gasteiger partial charge >= 0.3 is 0 Å². The van der Waals surface area contributed by atoms with E-state index in [0.717, 1.165) is 34.2 Å².